The zero-order valence-electron chi connectivity index (χ0n) is 17.5. The van der Waals surface area contributed by atoms with Crippen molar-refractivity contribution in [2.45, 2.75) is 64.8 Å². The molecule has 29 heavy (non-hydrogen) atoms. The molecule has 2 aliphatic rings. The van der Waals surface area contributed by atoms with E-state index in [0.29, 0.717) is 32.5 Å². The van der Waals surface area contributed by atoms with Crippen molar-refractivity contribution in [3.8, 4) is 0 Å². The molecule has 6 nitrogen and oxygen atoms in total. The molecular formula is C22H33N3O3S. The summed E-state index contributed by atoms with van der Waals surface area (Å²) in [6.45, 7) is 5.54. The number of hydrogen-bond donors (Lipinski definition) is 1. The Hall–Kier alpha value is -1.89. The minimum atomic E-state index is 0.00969. The lowest BCUT2D eigenvalue weighted by molar-refractivity contribution is -0.139. The van der Waals surface area contributed by atoms with E-state index in [1.807, 2.05) is 9.80 Å². The molecule has 1 N–H and O–H groups in total. The molecule has 1 fully saturated rings. The maximum absolute atomic E-state index is 12.5. The number of thiophene rings is 1. The smallest absolute Gasteiger partial charge is 0.223 e. The van der Waals surface area contributed by atoms with Gasteiger partial charge in [0.1, 0.15) is 0 Å². The van der Waals surface area contributed by atoms with Crippen molar-refractivity contribution in [2.24, 2.45) is 5.92 Å². The van der Waals surface area contributed by atoms with Crippen molar-refractivity contribution in [1.29, 1.82) is 0 Å². The van der Waals surface area contributed by atoms with Crippen LogP contribution in [0.25, 0.3) is 0 Å². The SMILES string of the molecule is CCCCCNC(=O)C1CCN(C(=O)CCC(=O)N2CCc3sccc3C2)CC1. The number of rotatable bonds is 8. The molecule has 0 saturated carbocycles. The average molecular weight is 420 g/mol. The van der Waals surface area contributed by atoms with Gasteiger partial charge in [0.2, 0.25) is 17.7 Å². The highest BCUT2D eigenvalue weighted by atomic mass is 32.1. The number of carbonyl (C=O) groups excluding carboxylic acids is 3. The highest BCUT2D eigenvalue weighted by Crippen LogP contribution is 2.24. The van der Waals surface area contributed by atoms with Gasteiger partial charge >= 0.3 is 0 Å². The minimum absolute atomic E-state index is 0.00969. The standard InChI is InChI=1S/C22H33N3O3S/c1-2-3-4-11-23-22(28)17-7-12-24(13-8-17)20(26)5-6-21(27)25-14-9-19-18(16-25)10-15-29-19/h10,15,17H,2-9,11-14,16H2,1H3,(H,23,28). The van der Waals surface area contributed by atoms with E-state index in [9.17, 15) is 14.4 Å². The molecule has 0 bridgehead atoms. The summed E-state index contributed by atoms with van der Waals surface area (Å²) in [5, 5.41) is 5.10. The Kier molecular flexibility index (Phi) is 8.09. The fraction of sp³-hybridized carbons (Fsp3) is 0.682. The zero-order chi connectivity index (χ0) is 20.6. The van der Waals surface area contributed by atoms with Crippen LogP contribution >= 0.6 is 11.3 Å². The molecule has 0 aromatic carbocycles. The second-order valence-corrected chi connectivity index (χ2v) is 9.09. The maximum Gasteiger partial charge on any atom is 0.223 e. The number of hydrogen-bond acceptors (Lipinski definition) is 4. The summed E-state index contributed by atoms with van der Waals surface area (Å²) in [6.07, 6.45) is 6.19. The summed E-state index contributed by atoms with van der Waals surface area (Å²) in [7, 11) is 0. The van der Waals surface area contributed by atoms with Gasteiger partial charge in [0, 0.05) is 56.4 Å². The van der Waals surface area contributed by atoms with Crippen molar-refractivity contribution in [2.75, 3.05) is 26.2 Å². The molecule has 0 unspecified atom stereocenters. The molecule has 1 aromatic rings. The Balaban J connectivity index is 1.34. The van der Waals surface area contributed by atoms with E-state index in [1.165, 1.54) is 10.4 Å². The Morgan fingerprint density at radius 1 is 1.07 bits per heavy atom. The Morgan fingerprint density at radius 2 is 1.79 bits per heavy atom. The van der Waals surface area contributed by atoms with Crippen molar-refractivity contribution in [3.05, 3.63) is 21.9 Å². The van der Waals surface area contributed by atoms with Crippen molar-refractivity contribution in [3.63, 3.8) is 0 Å². The van der Waals surface area contributed by atoms with Gasteiger partial charge in [0.25, 0.3) is 0 Å². The fourth-order valence-electron chi connectivity index (χ4n) is 4.11. The van der Waals surface area contributed by atoms with Gasteiger partial charge < -0.3 is 15.1 Å². The Morgan fingerprint density at radius 3 is 2.52 bits per heavy atom. The summed E-state index contributed by atoms with van der Waals surface area (Å²) in [6, 6.07) is 2.09. The van der Waals surface area contributed by atoms with Crippen LogP contribution in [0.5, 0.6) is 0 Å². The third-order valence-electron chi connectivity index (χ3n) is 6.01. The van der Waals surface area contributed by atoms with Crippen LogP contribution < -0.4 is 5.32 Å². The first-order valence-corrected chi connectivity index (χ1v) is 11.8. The third kappa shape index (κ3) is 6.04. The van der Waals surface area contributed by atoms with Gasteiger partial charge in [-0.25, -0.2) is 0 Å². The fourth-order valence-corrected chi connectivity index (χ4v) is 5.00. The van der Waals surface area contributed by atoms with Gasteiger partial charge in [-0.3, -0.25) is 14.4 Å². The van der Waals surface area contributed by atoms with Crippen LogP contribution in [-0.4, -0.2) is 53.7 Å². The van der Waals surface area contributed by atoms with Crippen molar-refractivity contribution < 1.29 is 14.4 Å². The van der Waals surface area contributed by atoms with Crippen LogP contribution in [0.3, 0.4) is 0 Å². The van der Waals surface area contributed by atoms with Gasteiger partial charge in [-0.2, -0.15) is 0 Å². The van der Waals surface area contributed by atoms with Crippen molar-refractivity contribution in [1.82, 2.24) is 15.1 Å². The van der Waals surface area contributed by atoms with Crippen LogP contribution in [0.1, 0.15) is 62.3 Å². The predicted octanol–water partition coefficient (Wildman–Crippen LogP) is 2.96. The molecule has 3 amide bonds. The van der Waals surface area contributed by atoms with Crippen LogP contribution in [0, 0.1) is 5.92 Å². The van der Waals surface area contributed by atoms with Crippen molar-refractivity contribution >= 4 is 29.1 Å². The first-order chi connectivity index (χ1) is 14.1. The second kappa shape index (κ2) is 10.8. The summed E-state index contributed by atoms with van der Waals surface area (Å²) in [5.74, 6) is 0.238. The number of likely N-dealkylation sites (tertiary alicyclic amines) is 1. The largest absolute Gasteiger partial charge is 0.356 e. The maximum atomic E-state index is 12.5. The van der Waals surface area contributed by atoms with Crippen LogP contribution in [0.2, 0.25) is 0 Å². The summed E-state index contributed by atoms with van der Waals surface area (Å²) >= 11 is 1.76. The number of fused-ring (bicyclic) bond motifs is 1. The van der Waals surface area contributed by atoms with E-state index in [2.05, 4.69) is 23.7 Å². The normalized spacial score (nSPS) is 17.1. The molecule has 160 valence electrons. The third-order valence-corrected chi connectivity index (χ3v) is 7.03. The monoisotopic (exact) mass is 419 g/mol. The van der Waals surface area contributed by atoms with E-state index in [0.717, 1.165) is 38.8 Å². The van der Waals surface area contributed by atoms with Crippen LogP contribution in [-0.2, 0) is 27.3 Å². The molecule has 7 heteroatoms. The van der Waals surface area contributed by atoms with E-state index < -0.39 is 0 Å². The van der Waals surface area contributed by atoms with Crippen LogP contribution in [0.4, 0.5) is 0 Å². The number of nitrogens with one attached hydrogen (secondary N) is 1. The molecule has 1 saturated heterocycles. The first-order valence-electron chi connectivity index (χ1n) is 11.0. The molecule has 0 aliphatic carbocycles. The molecule has 0 spiro atoms. The molecular weight excluding hydrogens is 386 g/mol. The van der Waals surface area contributed by atoms with Gasteiger partial charge in [-0.1, -0.05) is 19.8 Å². The first kappa shape index (κ1) is 21.8. The lowest BCUT2D eigenvalue weighted by atomic mass is 9.95. The molecule has 3 heterocycles. The number of unbranched alkanes of at least 4 members (excludes halogenated alkanes) is 2. The Labute approximate surface area is 177 Å². The average Bonchev–Trinajstić information content (AvgIpc) is 3.22. The second-order valence-electron chi connectivity index (χ2n) is 8.09. The van der Waals surface area contributed by atoms with E-state index in [1.54, 1.807) is 11.3 Å². The quantitative estimate of drug-likeness (QED) is 0.659. The topological polar surface area (TPSA) is 69.7 Å². The van der Waals surface area contributed by atoms with Gasteiger partial charge in [0.15, 0.2) is 0 Å². The highest BCUT2D eigenvalue weighted by Gasteiger charge is 2.28. The van der Waals surface area contributed by atoms with Gasteiger partial charge in [-0.15, -0.1) is 11.3 Å². The summed E-state index contributed by atoms with van der Waals surface area (Å²) in [5.41, 5.74) is 1.25. The molecule has 3 rings (SSSR count). The highest BCUT2D eigenvalue weighted by molar-refractivity contribution is 7.10. The van der Waals surface area contributed by atoms with E-state index >= 15 is 0 Å². The summed E-state index contributed by atoms with van der Waals surface area (Å²) < 4.78 is 0. The zero-order valence-corrected chi connectivity index (χ0v) is 18.3. The molecule has 1 aromatic heterocycles. The van der Waals surface area contributed by atoms with E-state index in [4.69, 9.17) is 0 Å². The molecule has 0 radical (unpaired) electrons. The lowest BCUT2D eigenvalue weighted by Gasteiger charge is -2.32. The van der Waals surface area contributed by atoms with Gasteiger partial charge in [-0.05, 0) is 42.7 Å². The van der Waals surface area contributed by atoms with Crippen LogP contribution in [0.15, 0.2) is 11.4 Å². The predicted molar refractivity (Wildman–Crippen MR) is 115 cm³/mol. The molecule has 0 atom stereocenters. The molecule has 2 aliphatic heterocycles. The van der Waals surface area contributed by atoms with Gasteiger partial charge in [0.05, 0.1) is 0 Å². The number of piperidine rings is 1. The summed E-state index contributed by atoms with van der Waals surface area (Å²) in [4.78, 5) is 42.3. The number of nitrogens with zero attached hydrogens (tertiary/aromatic N) is 2. The van der Waals surface area contributed by atoms with E-state index in [-0.39, 0.29) is 36.5 Å². The lowest BCUT2D eigenvalue weighted by Crippen LogP contribution is -2.43. The minimum Gasteiger partial charge on any atom is -0.356 e. The Bertz CT molecular complexity index is 710. The number of amides is 3. The number of carbonyl (C=O) groups is 3.